The van der Waals surface area contributed by atoms with Gasteiger partial charge in [-0.25, -0.2) is 19.2 Å². The third-order valence-electron chi connectivity index (χ3n) is 0.366. The van der Waals surface area contributed by atoms with Crippen LogP contribution in [0.5, 0.6) is 0 Å². The average molecular weight is 253 g/mol. The molecule has 0 aliphatic heterocycles. The molecule has 0 saturated carbocycles. The van der Waals surface area contributed by atoms with Crippen molar-refractivity contribution < 1.29 is 62.1 Å². The van der Waals surface area contributed by atoms with Crippen LogP contribution in [0.15, 0.2) is 0 Å². The summed E-state index contributed by atoms with van der Waals surface area (Å²) >= 11 is 0. The van der Waals surface area contributed by atoms with Crippen molar-refractivity contribution in [2.75, 3.05) is 0 Å². The first-order chi connectivity index (χ1) is 5.29. The van der Waals surface area contributed by atoms with Crippen molar-refractivity contribution >= 4 is 23.9 Å². The molecule has 0 bridgehead atoms. The molecule has 0 spiro atoms. The summed E-state index contributed by atoms with van der Waals surface area (Å²) in [5.74, 6) is -7.30. The topological polar surface area (TPSA) is 181 Å². The van der Waals surface area contributed by atoms with E-state index in [1.807, 2.05) is 0 Å². The Morgan fingerprint density at radius 1 is 0.571 bits per heavy atom. The van der Waals surface area contributed by atoms with Crippen molar-refractivity contribution in [2.45, 2.75) is 0 Å². The molecular weight excluding hydrogens is 247 g/mol. The van der Waals surface area contributed by atoms with E-state index in [0.717, 1.165) is 0 Å². The first-order valence-electron chi connectivity index (χ1n) is 2.21. The van der Waals surface area contributed by atoms with Crippen LogP contribution < -0.4 is 0 Å². The molecule has 14 heavy (non-hydrogen) atoms. The van der Waals surface area contributed by atoms with Crippen molar-refractivity contribution in [1.29, 1.82) is 0 Å². The van der Waals surface area contributed by atoms with Gasteiger partial charge in [-0.1, -0.05) is 0 Å². The number of carboxylic acids is 4. The van der Waals surface area contributed by atoms with E-state index in [9.17, 15) is 0 Å². The fourth-order valence-electron chi connectivity index (χ4n) is 0. The van der Waals surface area contributed by atoms with Crippen LogP contribution >= 0.6 is 0 Å². The maximum atomic E-state index is 9.10. The minimum absolute atomic E-state index is 0. The van der Waals surface area contributed by atoms with Crippen LogP contribution in [0, 0.1) is 0 Å². The van der Waals surface area contributed by atoms with Crippen LogP contribution in [0.3, 0.4) is 0 Å². The number of carboxylic acid groups (broad SMARTS) is 4. The molecule has 9 nitrogen and oxygen atoms in total. The van der Waals surface area contributed by atoms with Gasteiger partial charge >= 0.3 is 23.9 Å². The minimum Gasteiger partial charge on any atom is -0.473 e. The van der Waals surface area contributed by atoms with Crippen molar-refractivity contribution in [3.05, 3.63) is 0 Å². The average Bonchev–Trinajstić information content (AvgIpc) is 1.88. The molecule has 0 rings (SSSR count). The molecule has 10 heteroatoms. The second kappa shape index (κ2) is 11.4. The molecule has 0 atom stereocenters. The Hall–Kier alpha value is -1.64. The van der Waals surface area contributed by atoms with E-state index < -0.39 is 23.9 Å². The summed E-state index contributed by atoms with van der Waals surface area (Å²) in [7, 11) is 0. The molecule has 0 aromatic heterocycles. The molecular formula is C4H6MnO9. The summed E-state index contributed by atoms with van der Waals surface area (Å²) in [5.41, 5.74) is 0. The summed E-state index contributed by atoms with van der Waals surface area (Å²) in [4.78, 5) is 36.4. The predicted octanol–water partition coefficient (Wildman–Crippen LogP) is -2.52. The van der Waals surface area contributed by atoms with Crippen LogP contribution in [0.1, 0.15) is 0 Å². The zero-order valence-corrected chi connectivity index (χ0v) is 7.48. The van der Waals surface area contributed by atoms with Gasteiger partial charge in [-0.05, 0) is 0 Å². The summed E-state index contributed by atoms with van der Waals surface area (Å²) in [6, 6.07) is 0. The molecule has 0 heterocycles. The Morgan fingerprint density at radius 3 is 0.643 bits per heavy atom. The maximum absolute atomic E-state index is 9.10. The maximum Gasteiger partial charge on any atom is 0.414 e. The molecule has 0 aliphatic rings. The van der Waals surface area contributed by atoms with E-state index in [-0.39, 0.29) is 22.5 Å². The van der Waals surface area contributed by atoms with Gasteiger partial charge in [0.05, 0.1) is 0 Å². The Bertz CT molecular complexity index is 173. The fraction of sp³-hybridized carbons (Fsp3) is 0. The number of carbonyl (C=O) groups is 4. The van der Waals surface area contributed by atoms with Crippen LogP contribution in [-0.2, 0) is 36.2 Å². The smallest absolute Gasteiger partial charge is 0.414 e. The molecule has 0 aromatic rings. The van der Waals surface area contributed by atoms with E-state index in [0.29, 0.717) is 0 Å². The molecule has 0 aromatic carbocycles. The molecule has 6 N–H and O–H groups in total. The van der Waals surface area contributed by atoms with E-state index >= 15 is 0 Å². The van der Waals surface area contributed by atoms with E-state index in [2.05, 4.69) is 0 Å². The van der Waals surface area contributed by atoms with E-state index in [4.69, 9.17) is 39.6 Å². The first kappa shape index (κ1) is 22.8. The van der Waals surface area contributed by atoms with E-state index in [1.165, 1.54) is 0 Å². The zero-order valence-electron chi connectivity index (χ0n) is 6.30. The third-order valence-corrected chi connectivity index (χ3v) is 0.366. The molecule has 0 aliphatic carbocycles. The van der Waals surface area contributed by atoms with Crippen molar-refractivity contribution in [3.8, 4) is 0 Å². The van der Waals surface area contributed by atoms with Gasteiger partial charge in [-0.15, -0.1) is 0 Å². The van der Waals surface area contributed by atoms with Gasteiger partial charge in [0.1, 0.15) is 0 Å². The standard InChI is InChI=1S/2C2H2O4.Mn.H2O/c2*3-1(4)2(5)6;;/h2*(H,3,4)(H,5,6);;1H2. The third kappa shape index (κ3) is 22.4. The molecule has 0 unspecified atom stereocenters. The number of hydrogen-bond acceptors (Lipinski definition) is 4. The van der Waals surface area contributed by atoms with Crippen LogP contribution in [-0.4, -0.2) is 49.8 Å². The molecule has 83 valence electrons. The monoisotopic (exact) mass is 253 g/mol. The van der Waals surface area contributed by atoms with Gasteiger partial charge < -0.3 is 25.9 Å². The summed E-state index contributed by atoms with van der Waals surface area (Å²) in [6.45, 7) is 0. The van der Waals surface area contributed by atoms with Crippen LogP contribution in [0.25, 0.3) is 0 Å². The quantitative estimate of drug-likeness (QED) is 0.269. The van der Waals surface area contributed by atoms with Gasteiger partial charge in [0.2, 0.25) is 0 Å². The second-order valence-electron chi connectivity index (χ2n) is 1.22. The summed E-state index contributed by atoms with van der Waals surface area (Å²) in [6.07, 6.45) is 0. The summed E-state index contributed by atoms with van der Waals surface area (Å²) < 4.78 is 0. The Labute approximate surface area is 86.7 Å². The fourth-order valence-corrected chi connectivity index (χ4v) is 0. The molecule has 1 radical (unpaired) electrons. The summed E-state index contributed by atoms with van der Waals surface area (Å²) in [5, 5.41) is 29.6. The Balaban J connectivity index is -0.0000000625. The van der Waals surface area contributed by atoms with Crippen molar-refractivity contribution in [1.82, 2.24) is 0 Å². The number of rotatable bonds is 0. The van der Waals surface area contributed by atoms with Gasteiger partial charge in [0.15, 0.2) is 0 Å². The first-order valence-corrected chi connectivity index (χ1v) is 2.21. The van der Waals surface area contributed by atoms with Crippen molar-refractivity contribution in [2.24, 2.45) is 0 Å². The zero-order chi connectivity index (χ0) is 10.3. The number of aliphatic carboxylic acids is 4. The SMILES string of the molecule is O.O=C(O)C(=O)O.O=C(O)C(=O)O.[Mn]. The van der Waals surface area contributed by atoms with Gasteiger partial charge in [-0.2, -0.15) is 0 Å². The predicted molar refractivity (Wildman–Crippen MR) is 34.2 cm³/mol. The molecule has 0 amide bonds. The normalized spacial score (nSPS) is 6.29. The minimum atomic E-state index is -1.82. The van der Waals surface area contributed by atoms with Gasteiger partial charge in [-0.3, -0.25) is 0 Å². The molecule has 0 saturated heterocycles. The Kier molecular flexibility index (Phi) is 18.5. The largest absolute Gasteiger partial charge is 0.473 e. The van der Waals surface area contributed by atoms with Crippen molar-refractivity contribution in [3.63, 3.8) is 0 Å². The second-order valence-corrected chi connectivity index (χ2v) is 1.22. The van der Waals surface area contributed by atoms with Crippen LogP contribution in [0.2, 0.25) is 0 Å². The van der Waals surface area contributed by atoms with Crippen LogP contribution in [0.4, 0.5) is 0 Å². The van der Waals surface area contributed by atoms with E-state index in [1.54, 1.807) is 0 Å². The van der Waals surface area contributed by atoms with Gasteiger partial charge in [0, 0.05) is 17.1 Å². The molecule has 0 fully saturated rings. The van der Waals surface area contributed by atoms with Gasteiger partial charge in [0.25, 0.3) is 0 Å². The Morgan fingerprint density at radius 2 is 0.643 bits per heavy atom. The number of hydrogen-bond donors (Lipinski definition) is 4.